The van der Waals surface area contributed by atoms with Crippen LogP contribution in [0.25, 0.3) is 0 Å². The fourth-order valence-corrected chi connectivity index (χ4v) is 0.900. The van der Waals surface area contributed by atoms with Crippen molar-refractivity contribution in [1.29, 1.82) is 0 Å². The first-order chi connectivity index (χ1) is 6.93. The Bertz CT molecular complexity index is 317. The van der Waals surface area contributed by atoms with E-state index in [4.69, 9.17) is 5.73 Å². The number of hydroxylamine groups is 2. The molecule has 0 saturated heterocycles. The monoisotopic (exact) mass is 212 g/mol. The van der Waals surface area contributed by atoms with Gasteiger partial charge in [0.2, 0.25) is 0 Å². The molecule has 0 unspecified atom stereocenters. The number of carbonyl (C=O) groups excluding carboxylic acids is 3. The van der Waals surface area contributed by atoms with Crippen LogP contribution in [0.4, 0.5) is 0 Å². The lowest BCUT2D eigenvalue weighted by Gasteiger charge is -2.17. The number of carbonyl (C=O) groups is 3. The van der Waals surface area contributed by atoms with Crippen molar-refractivity contribution in [2.24, 2.45) is 11.7 Å². The third kappa shape index (κ3) is 2.41. The molecule has 0 fully saturated rings. The van der Waals surface area contributed by atoms with E-state index in [9.17, 15) is 14.4 Å². The van der Waals surface area contributed by atoms with Crippen molar-refractivity contribution in [3.05, 3.63) is 12.2 Å². The maximum Gasteiger partial charge on any atom is 0.350 e. The first kappa shape index (κ1) is 11.4. The zero-order valence-corrected chi connectivity index (χ0v) is 8.47. The highest BCUT2D eigenvalue weighted by Gasteiger charge is 2.30. The summed E-state index contributed by atoms with van der Waals surface area (Å²) in [4.78, 5) is 37.9. The number of imide groups is 1. The van der Waals surface area contributed by atoms with Crippen LogP contribution in [0.3, 0.4) is 0 Å². The van der Waals surface area contributed by atoms with Crippen molar-refractivity contribution < 1.29 is 19.2 Å². The van der Waals surface area contributed by atoms with Gasteiger partial charge in [0.05, 0.1) is 0 Å². The van der Waals surface area contributed by atoms with E-state index >= 15 is 0 Å². The summed E-state index contributed by atoms with van der Waals surface area (Å²) in [6.07, 6.45) is 2.05. The number of nitrogens with two attached hydrogens (primary N) is 1. The van der Waals surface area contributed by atoms with Gasteiger partial charge in [0.25, 0.3) is 11.8 Å². The van der Waals surface area contributed by atoms with E-state index in [0.717, 1.165) is 12.2 Å². The van der Waals surface area contributed by atoms with Crippen LogP contribution in [0, 0.1) is 5.92 Å². The van der Waals surface area contributed by atoms with E-state index in [0.29, 0.717) is 5.06 Å². The fraction of sp³-hybridized carbons (Fsp3) is 0.444. The Hall–Kier alpha value is -1.69. The first-order valence-electron chi connectivity index (χ1n) is 4.47. The molecule has 6 heteroatoms. The molecule has 0 spiro atoms. The molecule has 1 heterocycles. The summed E-state index contributed by atoms with van der Waals surface area (Å²) in [5.41, 5.74) is 5.48. The molecule has 1 aliphatic heterocycles. The van der Waals surface area contributed by atoms with Gasteiger partial charge in [0.1, 0.15) is 6.04 Å². The van der Waals surface area contributed by atoms with Crippen molar-refractivity contribution in [3.63, 3.8) is 0 Å². The molecule has 2 amide bonds. The van der Waals surface area contributed by atoms with Crippen LogP contribution in [0.1, 0.15) is 13.8 Å². The molecular formula is C9H12N2O4. The second-order valence-electron chi connectivity index (χ2n) is 3.48. The van der Waals surface area contributed by atoms with Gasteiger partial charge in [-0.05, 0) is 5.92 Å². The van der Waals surface area contributed by atoms with Crippen molar-refractivity contribution in [2.75, 3.05) is 0 Å². The van der Waals surface area contributed by atoms with Crippen LogP contribution in [0.5, 0.6) is 0 Å². The molecule has 0 bridgehead atoms. The summed E-state index contributed by atoms with van der Waals surface area (Å²) < 4.78 is 0. The Labute approximate surface area is 86.6 Å². The van der Waals surface area contributed by atoms with Crippen LogP contribution in [0.2, 0.25) is 0 Å². The van der Waals surface area contributed by atoms with Gasteiger partial charge < -0.3 is 10.6 Å². The number of hydrogen-bond acceptors (Lipinski definition) is 5. The largest absolute Gasteiger partial charge is 0.350 e. The number of hydrogen-bond donors (Lipinski definition) is 1. The average molecular weight is 212 g/mol. The molecule has 1 aliphatic rings. The van der Waals surface area contributed by atoms with Crippen LogP contribution in [-0.2, 0) is 19.2 Å². The van der Waals surface area contributed by atoms with E-state index in [2.05, 4.69) is 4.84 Å². The minimum absolute atomic E-state index is 0.127. The van der Waals surface area contributed by atoms with Gasteiger partial charge in [-0.1, -0.05) is 18.9 Å². The van der Waals surface area contributed by atoms with Gasteiger partial charge in [-0.15, -0.1) is 0 Å². The second-order valence-corrected chi connectivity index (χ2v) is 3.48. The molecule has 1 atom stereocenters. The Morgan fingerprint density at radius 1 is 1.33 bits per heavy atom. The minimum atomic E-state index is -0.855. The molecule has 2 N–H and O–H groups in total. The van der Waals surface area contributed by atoms with E-state index in [1.807, 2.05) is 0 Å². The molecule has 0 radical (unpaired) electrons. The third-order valence-corrected chi connectivity index (χ3v) is 1.94. The molecule has 0 aromatic rings. The van der Waals surface area contributed by atoms with Crippen molar-refractivity contribution in [2.45, 2.75) is 19.9 Å². The van der Waals surface area contributed by atoms with Gasteiger partial charge in [-0.2, -0.15) is 0 Å². The Kier molecular flexibility index (Phi) is 3.21. The quantitative estimate of drug-likeness (QED) is 0.628. The normalized spacial score (nSPS) is 17.5. The maximum atomic E-state index is 11.3. The van der Waals surface area contributed by atoms with Crippen molar-refractivity contribution in [1.82, 2.24) is 5.06 Å². The summed E-state index contributed by atoms with van der Waals surface area (Å²) >= 11 is 0. The molecule has 15 heavy (non-hydrogen) atoms. The SMILES string of the molecule is CC(C)[C@@H](N)C(=O)ON1C(=O)C=CC1=O. The predicted octanol–water partition coefficient (Wildman–Crippen LogP) is -0.647. The second kappa shape index (κ2) is 4.22. The number of nitrogens with zero attached hydrogens (tertiary/aromatic N) is 1. The highest BCUT2D eigenvalue weighted by atomic mass is 16.7. The maximum absolute atomic E-state index is 11.3. The molecule has 0 aliphatic carbocycles. The van der Waals surface area contributed by atoms with E-state index in [-0.39, 0.29) is 5.92 Å². The van der Waals surface area contributed by atoms with Gasteiger partial charge in [0, 0.05) is 12.2 Å². The molecule has 6 nitrogen and oxygen atoms in total. The molecule has 0 aromatic heterocycles. The van der Waals surface area contributed by atoms with Gasteiger partial charge in [-0.25, -0.2) is 4.79 Å². The standard InChI is InChI=1S/C9H12N2O4/c1-5(2)8(10)9(14)15-11-6(12)3-4-7(11)13/h3-5,8H,10H2,1-2H3/t8-/m1/s1. The summed E-state index contributed by atoms with van der Waals surface area (Å²) in [5, 5.41) is 0.393. The van der Waals surface area contributed by atoms with Crippen molar-refractivity contribution >= 4 is 17.8 Å². The summed E-state index contributed by atoms with van der Waals surface area (Å²) in [6.45, 7) is 3.47. The average Bonchev–Trinajstić information content (AvgIpc) is 2.47. The van der Waals surface area contributed by atoms with Crippen LogP contribution in [-0.4, -0.2) is 28.9 Å². The van der Waals surface area contributed by atoms with Gasteiger partial charge >= 0.3 is 5.97 Å². The minimum Gasteiger partial charge on any atom is -0.328 e. The highest BCUT2D eigenvalue weighted by Crippen LogP contribution is 2.07. The lowest BCUT2D eigenvalue weighted by atomic mass is 10.1. The Morgan fingerprint density at radius 2 is 1.80 bits per heavy atom. The van der Waals surface area contributed by atoms with Gasteiger partial charge in [0.15, 0.2) is 0 Å². The summed E-state index contributed by atoms with van der Waals surface area (Å²) in [7, 11) is 0. The van der Waals surface area contributed by atoms with E-state index in [1.54, 1.807) is 13.8 Å². The fourth-order valence-electron chi connectivity index (χ4n) is 0.900. The Morgan fingerprint density at radius 3 is 2.20 bits per heavy atom. The smallest absolute Gasteiger partial charge is 0.328 e. The molecule has 1 rings (SSSR count). The topological polar surface area (TPSA) is 89.7 Å². The third-order valence-electron chi connectivity index (χ3n) is 1.94. The number of rotatable bonds is 3. The predicted molar refractivity (Wildman–Crippen MR) is 49.9 cm³/mol. The lowest BCUT2D eigenvalue weighted by Crippen LogP contribution is -2.43. The van der Waals surface area contributed by atoms with Crippen LogP contribution < -0.4 is 5.73 Å². The molecule has 0 aromatic carbocycles. The van der Waals surface area contributed by atoms with E-state index in [1.165, 1.54) is 0 Å². The van der Waals surface area contributed by atoms with Crippen molar-refractivity contribution in [3.8, 4) is 0 Å². The summed E-state index contributed by atoms with van der Waals surface area (Å²) in [5.74, 6) is -2.28. The Balaban J connectivity index is 2.60. The molecule has 82 valence electrons. The highest BCUT2D eigenvalue weighted by molar-refractivity contribution is 6.12. The zero-order valence-electron chi connectivity index (χ0n) is 8.47. The first-order valence-corrected chi connectivity index (χ1v) is 4.47. The van der Waals surface area contributed by atoms with Crippen LogP contribution in [0.15, 0.2) is 12.2 Å². The summed E-state index contributed by atoms with van der Waals surface area (Å²) in [6, 6.07) is -0.855. The van der Waals surface area contributed by atoms with E-state index < -0.39 is 23.8 Å². The van der Waals surface area contributed by atoms with Gasteiger partial charge in [-0.3, -0.25) is 9.59 Å². The zero-order chi connectivity index (χ0) is 11.6. The molecular weight excluding hydrogens is 200 g/mol. The molecule has 0 saturated carbocycles. The lowest BCUT2D eigenvalue weighted by molar-refractivity contribution is -0.197. The van der Waals surface area contributed by atoms with Crippen LogP contribution >= 0.6 is 0 Å². The number of amides is 2.